The highest BCUT2D eigenvalue weighted by Crippen LogP contribution is 2.34. The van der Waals surface area contributed by atoms with Crippen molar-refractivity contribution in [1.82, 2.24) is 4.90 Å². The summed E-state index contributed by atoms with van der Waals surface area (Å²) in [5, 5.41) is 0. The van der Waals surface area contributed by atoms with Gasteiger partial charge in [0.05, 0.1) is 0 Å². The molecule has 2 N–H and O–H groups in total. The van der Waals surface area contributed by atoms with Crippen molar-refractivity contribution in [2.45, 2.75) is 82.2 Å². The Hall–Kier alpha value is -0.340. The minimum Gasteiger partial charge on any atom is -0.326 e. The lowest BCUT2D eigenvalue weighted by Crippen LogP contribution is -2.57. The third-order valence-corrected chi connectivity index (χ3v) is 4.97. The maximum absolute atomic E-state index is 6.61. The van der Waals surface area contributed by atoms with Gasteiger partial charge in [0.15, 0.2) is 0 Å². The fourth-order valence-electron chi connectivity index (χ4n) is 3.59. The molecule has 1 atom stereocenters. The van der Waals surface area contributed by atoms with Gasteiger partial charge < -0.3 is 10.6 Å². The molecule has 0 aliphatic heterocycles. The topological polar surface area (TPSA) is 29.3 Å². The monoisotopic (exact) mass is 266 g/mol. The average molecular weight is 266 g/mol. The molecule has 1 aliphatic rings. The normalized spacial score (nSPS) is 21.1. The van der Waals surface area contributed by atoms with Crippen LogP contribution in [-0.4, -0.2) is 30.6 Å². The highest BCUT2D eigenvalue weighted by atomic mass is 15.2. The number of allylic oxidation sites excluding steroid dienone is 1. The van der Waals surface area contributed by atoms with Gasteiger partial charge >= 0.3 is 0 Å². The molecule has 2 nitrogen and oxygen atoms in total. The molecule has 0 aromatic rings. The molecule has 19 heavy (non-hydrogen) atoms. The van der Waals surface area contributed by atoms with Crippen molar-refractivity contribution >= 4 is 0 Å². The van der Waals surface area contributed by atoms with Gasteiger partial charge in [0.25, 0.3) is 0 Å². The van der Waals surface area contributed by atoms with Gasteiger partial charge in [0, 0.05) is 11.6 Å². The quantitative estimate of drug-likeness (QED) is 0.407. The van der Waals surface area contributed by atoms with Gasteiger partial charge in [-0.3, -0.25) is 0 Å². The van der Waals surface area contributed by atoms with Crippen LogP contribution in [0, 0.1) is 0 Å². The van der Waals surface area contributed by atoms with Crippen LogP contribution in [0.25, 0.3) is 0 Å². The van der Waals surface area contributed by atoms with Gasteiger partial charge in [0.1, 0.15) is 0 Å². The van der Waals surface area contributed by atoms with E-state index in [0.717, 1.165) is 6.42 Å². The van der Waals surface area contributed by atoms with E-state index in [1.165, 1.54) is 64.2 Å². The standard InChI is InChI=1S/C17H34N2/c1-4-5-6-7-10-13-16(18)17(19(2)3)14-11-8-9-12-15-17/h4,16H,1,5-15,18H2,2-3H3. The van der Waals surface area contributed by atoms with Crippen LogP contribution in [-0.2, 0) is 0 Å². The van der Waals surface area contributed by atoms with Crippen molar-refractivity contribution in [3.8, 4) is 0 Å². The van der Waals surface area contributed by atoms with Gasteiger partial charge in [0.2, 0.25) is 0 Å². The molecule has 1 unspecified atom stereocenters. The SMILES string of the molecule is C=CCCCCCC(N)C1(N(C)C)CCCCCC1. The first-order valence-electron chi connectivity index (χ1n) is 8.17. The summed E-state index contributed by atoms with van der Waals surface area (Å²) < 4.78 is 0. The molecular formula is C17H34N2. The fourth-order valence-corrected chi connectivity index (χ4v) is 3.59. The van der Waals surface area contributed by atoms with Crippen LogP contribution >= 0.6 is 0 Å². The summed E-state index contributed by atoms with van der Waals surface area (Å²) in [4.78, 5) is 2.42. The number of nitrogens with two attached hydrogens (primary N) is 1. The molecule has 0 aromatic heterocycles. The van der Waals surface area contributed by atoms with E-state index >= 15 is 0 Å². The van der Waals surface area contributed by atoms with Crippen molar-refractivity contribution in [3.63, 3.8) is 0 Å². The Bertz CT molecular complexity index is 240. The van der Waals surface area contributed by atoms with E-state index in [4.69, 9.17) is 5.73 Å². The van der Waals surface area contributed by atoms with Crippen molar-refractivity contribution in [2.24, 2.45) is 5.73 Å². The zero-order valence-electron chi connectivity index (χ0n) is 13.2. The lowest BCUT2D eigenvalue weighted by molar-refractivity contribution is 0.0920. The first-order valence-corrected chi connectivity index (χ1v) is 8.17. The molecule has 0 bridgehead atoms. The van der Waals surface area contributed by atoms with E-state index in [2.05, 4.69) is 25.6 Å². The molecule has 2 heteroatoms. The lowest BCUT2D eigenvalue weighted by atomic mass is 9.79. The van der Waals surface area contributed by atoms with Gasteiger partial charge in [-0.1, -0.05) is 44.6 Å². The summed E-state index contributed by atoms with van der Waals surface area (Å²) in [5.74, 6) is 0. The number of hydrogen-bond acceptors (Lipinski definition) is 2. The molecule has 0 amide bonds. The summed E-state index contributed by atoms with van der Waals surface area (Å²) in [7, 11) is 4.45. The fraction of sp³-hybridized carbons (Fsp3) is 0.882. The Balaban J connectivity index is 2.47. The van der Waals surface area contributed by atoms with E-state index in [-0.39, 0.29) is 5.54 Å². The van der Waals surface area contributed by atoms with Crippen LogP contribution in [0.3, 0.4) is 0 Å². The van der Waals surface area contributed by atoms with Crippen LogP contribution < -0.4 is 5.73 Å². The molecule has 1 saturated carbocycles. The van der Waals surface area contributed by atoms with Gasteiger partial charge in [-0.25, -0.2) is 0 Å². The minimum atomic E-state index is 0.259. The summed E-state index contributed by atoms with van der Waals surface area (Å²) in [6.45, 7) is 3.78. The Morgan fingerprint density at radius 1 is 1.11 bits per heavy atom. The molecule has 0 heterocycles. The Labute approximate surface area is 120 Å². The summed E-state index contributed by atoms with van der Waals surface area (Å²) in [6.07, 6.45) is 16.2. The van der Waals surface area contributed by atoms with Crippen molar-refractivity contribution < 1.29 is 0 Å². The highest BCUT2D eigenvalue weighted by molar-refractivity contribution is 4.98. The van der Waals surface area contributed by atoms with Gasteiger partial charge in [-0.15, -0.1) is 6.58 Å². The second kappa shape index (κ2) is 8.76. The zero-order chi connectivity index (χ0) is 14.1. The molecule has 0 saturated heterocycles. The number of likely N-dealkylation sites (N-methyl/N-ethyl adjacent to an activating group) is 1. The van der Waals surface area contributed by atoms with E-state index in [1.807, 2.05) is 6.08 Å². The molecule has 112 valence electrons. The minimum absolute atomic E-state index is 0.259. The lowest BCUT2D eigenvalue weighted by Gasteiger charge is -2.44. The first-order chi connectivity index (χ1) is 9.13. The van der Waals surface area contributed by atoms with Crippen LogP contribution in [0.1, 0.15) is 70.6 Å². The smallest absolute Gasteiger partial charge is 0.0354 e. The van der Waals surface area contributed by atoms with E-state index in [0.29, 0.717) is 6.04 Å². The predicted octanol–water partition coefficient (Wildman–Crippen LogP) is 4.10. The maximum atomic E-state index is 6.61. The molecule has 1 fully saturated rings. The Morgan fingerprint density at radius 3 is 2.26 bits per heavy atom. The van der Waals surface area contributed by atoms with Gasteiger partial charge in [-0.2, -0.15) is 0 Å². The van der Waals surface area contributed by atoms with E-state index in [9.17, 15) is 0 Å². The highest BCUT2D eigenvalue weighted by Gasteiger charge is 2.38. The second-order valence-electron chi connectivity index (χ2n) is 6.45. The second-order valence-corrected chi connectivity index (χ2v) is 6.45. The molecule has 0 radical (unpaired) electrons. The molecule has 1 aliphatic carbocycles. The average Bonchev–Trinajstić information content (AvgIpc) is 2.64. The van der Waals surface area contributed by atoms with Crippen molar-refractivity contribution in [1.29, 1.82) is 0 Å². The van der Waals surface area contributed by atoms with E-state index < -0.39 is 0 Å². The maximum Gasteiger partial charge on any atom is 0.0354 e. The predicted molar refractivity (Wildman–Crippen MR) is 85.4 cm³/mol. The molecule has 0 aromatic carbocycles. The third-order valence-electron chi connectivity index (χ3n) is 4.97. The summed E-state index contributed by atoms with van der Waals surface area (Å²) in [5.41, 5.74) is 6.87. The number of rotatable bonds is 8. The van der Waals surface area contributed by atoms with Crippen LogP contribution in [0.4, 0.5) is 0 Å². The van der Waals surface area contributed by atoms with Crippen LogP contribution in [0.15, 0.2) is 12.7 Å². The Morgan fingerprint density at radius 2 is 1.74 bits per heavy atom. The third kappa shape index (κ3) is 4.92. The number of hydrogen-bond donors (Lipinski definition) is 1. The summed E-state index contributed by atoms with van der Waals surface area (Å²) in [6, 6.07) is 0.337. The molecular weight excluding hydrogens is 232 g/mol. The zero-order valence-corrected chi connectivity index (χ0v) is 13.2. The molecule has 1 rings (SSSR count). The van der Waals surface area contributed by atoms with Gasteiger partial charge in [-0.05, 0) is 46.2 Å². The number of unbranched alkanes of at least 4 members (excludes halogenated alkanes) is 3. The summed E-state index contributed by atoms with van der Waals surface area (Å²) >= 11 is 0. The van der Waals surface area contributed by atoms with Crippen molar-refractivity contribution in [3.05, 3.63) is 12.7 Å². The van der Waals surface area contributed by atoms with E-state index in [1.54, 1.807) is 0 Å². The van der Waals surface area contributed by atoms with Crippen molar-refractivity contribution in [2.75, 3.05) is 14.1 Å². The van der Waals surface area contributed by atoms with Crippen LogP contribution in [0.5, 0.6) is 0 Å². The Kier molecular flexibility index (Phi) is 7.70. The molecule has 0 spiro atoms. The first kappa shape index (κ1) is 16.7. The largest absolute Gasteiger partial charge is 0.326 e. The van der Waals surface area contributed by atoms with Crippen LogP contribution in [0.2, 0.25) is 0 Å². The number of nitrogens with zero attached hydrogens (tertiary/aromatic N) is 1.